The van der Waals surface area contributed by atoms with Gasteiger partial charge in [0.2, 0.25) is 5.89 Å². The van der Waals surface area contributed by atoms with Crippen molar-refractivity contribution in [3.63, 3.8) is 0 Å². The third-order valence-corrected chi connectivity index (χ3v) is 2.00. The van der Waals surface area contributed by atoms with Crippen LogP contribution in [0.3, 0.4) is 0 Å². The zero-order valence-electron chi connectivity index (χ0n) is 9.04. The molecule has 0 radical (unpaired) electrons. The standard InChI is InChI=1S/C10H18N2O2/c1-4-11-8(2)10-12-7-9(14-10)5-6-13-3/h7-8,11H,4-6H2,1-3H3. The molecule has 0 aliphatic heterocycles. The Morgan fingerprint density at radius 1 is 1.64 bits per heavy atom. The molecule has 1 atom stereocenters. The average Bonchev–Trinajstić information content (AvgIpc) is 2.63. The largest absolute Gasteiger partial charge is 0.444 e. The lowest BCUT2D eigenvalue weighted by atomic mass is 10.3. The summed E-state index contributed by atoms with van der Waals surface area (Å²) in [4.78, 5) is 4.20. The van der Waals surface area contributed by atoms with Gasteiger partial charge in [0.15, 0.2) is 0 Å². The smallest absolute Gasteiger partial charge is 0.211 e. The van der Waals surface area contributed by atoms with Crippen LogP contribution < -0.4 is 5.32 Å². The van der Waals surface area contributed by atoms with Crippen LogP contribution in [0.2, 0.25) is 0 Å². The van der Waals surface area contributed by atoms with E-state index in [4.69, 9.17) is 9.15 Å². The molecule has 4 nitrogen and oxygen atoms in total. The Kier molecular flexibility index (Phi) is 4.62. The predicted octanol–water partition coefficient (Wildman–Crippen LogP) is 1.53. The van der Waals surface area contributed by atoms with Crippen molar-refractivity contribution < 1.29 is 9.15 Å². The molecule has 1 heterocycles. The summed E-state index contributed by atoms with van der Waals surface area (Å²) in [6.45, 7) is 5.68. The first-order chi connectivity index (χ1) is 6.77. The third kappa shape index (κ3) is 3.12. The van der Waals surface area contributed by atoms with Crippen LogP contribution in [0.4, 0.5) is 0 Å². The lowest BCUT2D eigenvalue weighted by Crippen LogP contribution is -2.17. The highest BCUT2D eigenvalue weighted by Crippen LogP contribution is 2.12. The summed E-state index contributed by atoms with van der Waals surface area (Å²) in [5, 5.41) is 3.24. The van der Waals surface area contributed by atoms with Crippen LogP contribution in [0.5, 0.6) is 0 Å². The van der Waals surface area contributed by atoms with Gasteiger partial charge in [-0.05, 0) is 13.5 Å². The molecule has 0 amide bonds. The van der Waals surface area contributed by atoms with E-state index in [1.807, 2.05) is 6.92 Å². The number of hydrogen-bond acceptors (Lipinski definition) is 4. The monoisotopic (exact) mass is 198 g/mol. The fourth-order valence-electron chi connectivity index (χ4n) is 1.23. The third-order valence-electron chi connectivity index (χ3n) is 2.00. The maximum absolute atomic E-state index is 5.55. The maximum Gasteiger partial charge on any atom is 0.211 e. The van der Waals surface area contributed by atoms with E-state index < -0.39 is 0 Å². The van der Waals surface area contributed by atoms with Crippen LogP contribution in [0.1, 0.15) is 31.5 Å². The molecular weight excluding hydrogens is 180 g/mol. The van der Waals surface area contributed by atoms with Gasteiger partial charge in [-0.3, -0.25) is 0 Å². The molecule has 0 aliphatic carbocycles. The molecule has 4 heteroatoms. The van der Waals surface area contributed by atoms with Gasteiger partial charge in [-0.1, -0.05) is 6.92 Å². The predicted molar refractivity (Wildman–Crippen MR) is 54.2 cm³/mol. The molecular formula is C10H18N2O2. The Morgan fingerprint density at radius 3 is 3.07 bits per heavy atom. The van der Waals surface area contributed by atoms with Gasteiger partial charge in [0, 0.05) is 13.5 Å². The van der Waals surface area contributed by atoms with Gasteiger partial charge in [-0.2, -0.15) is 0 Å². The molecule has 14 heavy (non-hydrogen) atoms. The number of nitrogens with zero attached hydrogens (tertiary/aromatic N) is 1. The summed E-state index contributed by atoms with van der Waals surface area (Å²) < 4.78 is 10.5. The van der Waals surface area contributed by atoms with Gasteiger partial charge in [0.25, 0.3) is 0 Å². The minimum absolute atomic E-state index is 0.177. The number of oxazole rings is 1. The van der Waals surface area contributed by atoms with Crippen molar-refractivity contribution in [1.29, 1.82) is 0 Å². The number of methoxy groups -OCH3 is 1. The molecule has 0 saturated carbocycles. The van der Waals surface area contributed by atoms with Gasteiger partial charge < -0.3 is 14.5 Å². The van der Waals surface area contributed by atoms with Crippen molar-refractivity contribution in [2.24, 2.45) is 0 Å². The van der Waals surface area contributed by atoms with Crippen molar-refractivity contribution >= 4 is 0 Å². The van der Waals surface area contributed by atoms with Crippen LogP contribution in [-0.2, 0) is 11.2 Å². The highest BCUT2D eigenvalue weighted by atomic mass is 16.5. The Hall–Kier alpha value is -0.870. The topological polar surface area (TPSA) is 47.3 Å². The number of aromatic nitrogens is 1. The summed E-state index contributed by atoms with van der Waals surface area (Å²) in [7, 11) is 1.68. The Balaban J connectivity index is 2.49. The zero-order chi connectivity index (χ0) is 10.4. The SMILES string of the molecule is CCNC(C)c1ncc(CCOC)o1. The molecule has 0 spiro atoms. The van der Waals surface area contributed by atoms with E-state index in [1.165, 1.54) is 0 Å². The van der Waals surface area contributed by atoms with Crippen LogP contribution >= 0.6 is 0 Å². The number of ether oxygens (including phenoxy) is 1. The summed E-state index contributed by atoms with van der Waals surface area (Å²) >= 11 is 0. The molecule has 0 aromatic carbocycles. The number of nitrogens with one attached hydrogen (secondary N) is 1. The van der Waals surface area contributed by atoms with E-state index in [1.54, 1.807) is 13.3 Å². The van der Waals surface area contributed by atoms with Gasteiger partial charge in [0.1, 0.15) is 5.76 Å². The highest BCUT2D eigenvalue weighted by Gasteiger charge is 2.10. The molecule has 1 aromatic rings. The van der Waals surface area contributed by atoms with Crippen molar-refractivity contribution in [3.8, 4) is 0 Å². The van der Waals surface area contributed by atoms with Gasteiger partial charge in [-0.25, -0.2) is 4.98 Å². The molecule has 0 saturated heterocycles. The fourth-order valence-corrected chi connectivity index (χ4v) is 1.23. The zero-order valence-corrected chi connectivity index (χ0v) is 9.04. The molecule has 1 N–H and O–H groups in total. The number of hydrogen-bond donors (Lipinski definition) is 1. The van der Waals surface area contributed by atoms with Crippen molar-refractivity contribution in [3.05, 3.63) is 17.8 Å². The van der Waals surface area contributed by atoms with Crippen LogP contribution in [-0.4, -0.2) is 25.2 Å². The quantitative estimate of drug-likeness (QED) is 0.753. The van der Waals surface area contributed by atoms with Crippen molar-refractivity contribution in [2.75, 3.05) is 20.3 Å². The molecule has 0 aliphatic rings. The second-order valence-corrected chi connectivity index (χ2v) is 3.19. The first-order valence-electron chi connectivity index (χ1n) is 4.94. The summed E-state index contributed by atoms with van der Waals surface area (Å²) in [6.07, 6.45) is 2.55. The highest BCUT2D eigenvalue weighted by molar-refractivity contribution is 4.97. The van der Waals surface area contributed by atoms with Gasteiger partial charge in [0.05, 0.1) is 18.8 Å². The Bertz CT molecular complexity index is 260. The first kappa shape index (κ1) is 11.2. The minimum Gasteiger partial charge on any atom is -0.444 e. The van der Waals surface area contributed by atoms with Gasteiger partial charge in [-0.15, -0.1) is 0 Å². The summed E-state index contributed by atoms with van der Waals surface area (Å²) in [5.74, 6) is 1.63. The van der Waals surface area contributed by atoms with Crippen molar-refractivity contribution in [1.82, 2.24) is 10.3 Å². The molecule has 0 bridgehead atoms. The molecule has 1 aromatic heterocycles. The van der Waals surface area contributed by atoms with Crippen LogP contribution in [0.15, 0.2) is 10.6 Å². The van der Waals surface area contributed by atoms with Crippen molar-refractivity contribution in [2.45, 2.75) is 26.3 Å². The second-order valence-electron chi connectivity index (χ2n) is 3.19. The summed E-state index contributed by atoms with van der Waals surface area (Å²) in [5.41, 5.74) is 0. The lowest BCUT2D eigenvalue weighted by Gasteiger charge is -2.06. The minimum atomic E-state index is 0.177. The van der Waals surface area contributed by atoms with Crippen LogP contribution in [0.25, 0.3) is 0 Å². The molecule has 1 unspecified atom stereocenters. The van der Waals surface area contributed by atoms with E-state index >= 15 is 0 Å². The summed E-state index contributed by atoms with van der Waals surface area (Å²) in [6, 6.07) is 0.177. The van der Waals surface area contributed by atoms with Gasteiger partial charge >= 0.3 is 0 Å². The first-order valence-corrected chi connectivity index (χ1v) is 4.94. The maximum atomic E-state index is 5.55. The van der Waals surface area contributed by atoms with E-state index in [9.17, 15) is 0 Å². The lowest BCUT2D eigenvalue weighted by molar-refractivity contribution is 0.195. The second kappa shape index (κ2) is 5.78. The molecule has 1 rings (SSSR count). The molecule has 80 valence electrons. The van der Waals surface area contributed by atoms with E-state index in [-0.39, 0.29) is 6.04 Å². The normalized spacial score (nSPS) is 13.1. The Labute approximate surface area is 84.7 Å². The fraction of sp³-hybridized carbons (Fsp3) is 0.700. The van der Waals surface area contributed by atoms with E-state index in [2.05, 4.69) is 17.2 Å². The van der Waals surface area contributed by atoms with Crippen LogP contribution in [0, 0.1) is 0 Å². The van der Waals surface area contributed by atoms with E-state index in [0.717, 1.165) is 24.6 Å². The van der Waals surface area contributed by atoms with E-state index in [0.29, 0.717) is 6.61 Å². The number of rotatable bonds is 6. The Morgan fingerprint density at radius 2 is 2.43 bits per heavy atom. The average molecular weight is 198 g/mol. The molecule has 0 fully saturated rings.